The number of nitrogens with one attached hydrogen (secondary N) is 1. The predicted octanol–water partition coefficient (Wildman–Crippen LogP) is 3.28. The van der Waals surface area contributed by atoms with Crippen LogP contribution in [0.4, 0.5) is 5.69 Å². The maximum Gasteiger partial charge on any atom is 0.0367 e. The predicted molar refractivity (Wildman–Crippen MR) is 92.1 cm³/mol. The van der Waals surface area contributed by atoms with Gasteiger partial charge in [-0.3, -0.25) is 4.90 Å². The molecule has 0 saturated carbocycles. The van der Waals surface area contributed by atoms with Crippen LogP contribution in [-0.2, 0) is 0 Å². The van der Waals surface area contributed by atoms with E-state index in [9.17, 15) is 0 Å². The second kappa shape index (κ2) is 6.80. The SMILES string of the molecule is CCC(NC)c1ccc(N2CCN(C(C)(C)C)CC2)cc1. The molecule has 118 valence electrons. The van der Waals surface area contributed by atoms with Gasteiger partial charge < -0.3 is 10.2 Å². The lowest BCUT2D eigenvalue weighted by Crippen LogP contribution is -2.53. The first-order valence-corrected chi connectivity index (χ1v) is 8.23. The number of piperazine rings is 1. The Labute approximate surface area is 130 Å². The molecule has 0 amide bonds. The molecule has 0 radical (unpaired) electrons. The monoisotopic (exact) mass is 289 g/mol. The molecule has 1 aromatic carbocycles. The van der Waals surface area contributed by atoms with Gasteiger partial charge in [0.25, 0.3) is 0 Å². The van der Waals surface area contributed by atoms with Gasteiger partial charge in [0.2, 0.25) is 0 Å². The third-order valence-corrected chi connectivity index (χ3v) is 4.65. The molecule has 3 nitrogen and oxygen atoms in total. The molecule has 0 spiro atoms. The average Bonchev–Trinajstić information content (AvgIpc) is 2.48. The minimum absolute atomic E-state index is 0.289. The van der Waals surface area contributed by atoms with Crippen molar-refractivity contribution in [3.05, 3.63) is 29.8 Å². The number of anilines is 1. The van der Waals surface area contributed by atoms with Crippen LogP contribution in [0.3, 0.4) is 0 Å². The zero-order valence-electron chi connectivity index (χ0n) is 14.3. The summed E-state index contributed by atoms with van der Waals surface area (Å²) in [6, 6.07) is 9.58. The van der Waals surface area contributed by atoms with Gasteiger partial charge in [-0.05, 0) is 51.9 Å². The first kappa shape index (κ1) is 16.3. The highest BCUT2D eigenvalue weighted by Crippen LogP contribution is 2.23. The number of hydrogen-bond donors (Lipinski definition) is 1. The number of hydrogen-bond acceptors (Lipinski definition) is 3. The first-order chi connectivity index (χ1) is 9.95. The smallest absolute Gasteiger partial charge is 0.0367 e. The largest absolute Gasteiger partial charge is 0.369 e. The highest BCUT2D eigenvalue weighted by molar-refractivity contribution is 5.48. The summed E-state index contributed by atoms with van der Waals surface area (Å²) < 4.78 is 0. The van der Waals surface area contributed by atoms with Crippen LogP contribution in [0, 0.1) is 0 Å². The zero-order chi connectivity index (χ0) is 15.5. The van der Waals surface area contributed by atoms with E-state index in [1.54, 1.807) is 0 Å². The summed E-state index contributed by atoms with van der Waals surface area (Å²) in [4.78, 5) is 5.08. The molecule has 1 aliphatic rings. The Bertz CT molecular complexity index is 421. The van der Waals surface area contributed by atoms with E-state index in [4.69, 9.17) is 0 Å². The van der Waals surface area contributed by atoms with Crippen molar-refractivity contribution < 1.29 is 0 Å². The highest BCUT2D eigenvalue weighted by atomic mass is 15.3. The Morgan fingerprint density at radius 1 is 1.05 bits per heavy atom. The standard InChI is InChI=1S/C18H31N3/c1-6-17(19-5)15-7-9-16(10-8-15)20-11-13-21(14-12-20)18(2,3)4/h7-10,17,19H,6,11-14H2,1-5H3. The van der Waals surface area contributed by atoms with E-state index in [-0.39, 0.29) is 5.54 Å². The maximum atomic E-state index is 3.37. The van der Waals surface area contributed by atoms with Crippen molar-refractivity contribution in [1.29, 1.82) is 0 Å². The Morgan fingerprint density at radius 3 is 2.05 bits per heavy atom. The van der Waals surface area contributed by atoms with E-state index in [2.05, 4.69) is 67.1 Å². The van der Waals surface area contributed by atoms with Gasteiger partial charge in [-0.15, -0.1) is 0 Å². The lowest BCUT2D eigenvalue weighted by atomic mass is 10.0. The molecule has 3 heteroatoms. The zero-order valence-corrected chi connectivity index (χ0v) is 14.3. The van der Waals surface area contributed by atoms with Crippen LogP contribution in [0.25, 0.3) is 0 Å². The molecule has 1 fully saturated rings. The van der Waals surface area contributed by atoms with Crippen molar-refractivity contribution in [2.24, 2.45) is 0 Å². The third-order valence-electron chi connectivity index (χ3n) is 4.65. The van der Waals surface area contributed by atoms with E-state index in [1.165, 1.54) is 11.3 Å². The van der Waals surface area contributed by atoms with E-state index in [0.717, 1.165) is 32.6 Å². The summed E-state index contributed by atoms with van der Waals surface area (Å²) in [5.41, 5.74) is 3.03. The fourth-order valence-corrected chi connectivity index (χ4v) is 3.16. The lowest BCUT2D eigenvalue weighted by molar-refractivity contribution is 0.128. The Morgan fingerprint density at radius 2 is 1.62 bits per heavy atom. The molecule has 0 bridgehead atoms. The number of rotatable bonds is 4. The van der Waals surface area contributed by atoms with Crippen molar-refractivity contribution in [2.45, 2.75) is 45.7 Å². The molecular formula is C18H31N3. The molecular weight excluding hydrogens is 258 g/mol. The van der Waals surface area contributed by atoms with Crippen molar-refractivity contribution >= 4 is 5.69 Å². The normalized spacial score (nSPS) is 18.8. The van der Waals surface area contributed by atoms with Gasteiger partial charge in [0.15, 0.2) is 0 Å². The first-order valence-electron chi connectivity index (χ1n) is 8.23. The Kier molecular flexibility index (Phi) is 5.28. The van der Waals surface area contributed by atoms with E-state index in [1.807, 2.05) is 7.05 Å². The average molecular weight is 289 g/mol. The molecule has 1 atom stereocenters. The summed E-state index contributed by atoms with van der Waals surface area (Å²) in [5.74, 6) is 0. The topological polar surface area (TPSA) is 18.5 Å². The molecule has 2 rings (SSSR count). The molecule has 1 aromatic rings. The van der Waals surface area contributed by atoms with Crippen LogP contribution >= 0.6 is 0 Å². The Hall–Kier alpha value is -1.06. The molecule has 1 unspecified atom stereocenters. The van der Waals surface area contributed by atoms with Crippen LogP contribution < -0.4 is 10.2 Å². The maximum absolute atomic E-state index is 3.37. The summed E-state index contributed by atoms with van der Waals surface area (Å²) in [6.45, 7) is 13.7. The molecule has 0 aliphatic carbocycles. The van der Waals surface area contributed by atoms with Crippen LogP contribution in [0.1, 0.15) is 45.7 Å². The van der Waals surface area contributed by atoms with Gasteiger partial charge in [-0.2, -0.15) is 0 Å². The third kappa shape index (κ3) is 3.98. The molecule has 1 saturated heterocycles. The van der Waals surface area contributed by atoms with Gasteiger partial charge in [-0.1, -0.05) is 19.1 Å². The van der Waals surface area contributed by atoms with Crippen LogP contribution in [0.15, 0.2) is 24.3 Å². The van der Waals surface area contributed by atoms with Crippen molar-refractivity contribution in [1.82, 2.24) is 10.2 Å². The van der Waals surface area contributed by atoms with E-state index < -0.39 is 0 Å². The highest BCUT2D eigenvalue weighted by Gasteiger charge is 2.25. The molecule has 0 aromatic heterocycles. The molecule has 21 heavy (non-hydrogen) atoms. The van der Waals surface area contributed by atoms with Crippen molar-refractivity contribution in [3.63, 3.8) is 0 Å². The second-order valence-electron chi connectivity index (χ2n) is 6.99. The number of nitrogens with zero attached hydrogens (tertiary/aromatic N) is 2. The lowest BCUT2D eigenvalue weighted by Gasteiger charge is -2.43. The van der Waals surface area contributed by atoms with Gasteiger partial charge in [0, 0.05) is 43.4 Å². The minimum Gasteiger partial charge on any atom is -0.369 e. The number of benzene rings is 1. The van der Waals surface area contributed by atoms with Crippen molar-refractivity contribution in [2.75, 3.05) is 38.1 Å². The minimum atomic E-state index is 0.289. The summed E-state index contributed by atoms with van der Waals surface area (Å²) in [7, 11) is 2.04. The van der Waals surface area contributed by atoms with E-state index >= 15 is 0 Å². The van der Waals surface area contributed by atoms with Gasteiger partial charge in [0.05, 0.1) is 0 Å². The Balaban J connectivity index is 1.98. The summed E-state index contributed by atoms with van der Waals surface area (Å²) >= 11 is 0. The fraction of sp³-hybridized carbons (Fsp3) is 0.667. The fourth-order valence-electron chi connectivity index (χ4n) is 3.16. The summed E-state index contributed by atoms with van der Waals surface area (Å²) in [5, 5.41) is 3.37. The molecule has 1 N–H and O–H groups in total. The second-order valence-corrected chi connectivity index (χ2v) is 6.99. The van der Waals surface area contributed by atoms with Crippen LogP contribution in [-0.4, -0.2) is 43.7 Å². The van der Waals surface area contributed by atoms with Gasteiger partial charge >= 0.3 is 0 Å². The molecule has 1 aliphatic heterocycles. The quantitative estimate of drug-likeness (QED) is 0.917. The van der Waals surface area contributed by atoms with Crippen LogP contribution in [0.2, 0.25) is 0 Å². The van der Waals surface area contributed by atoms with Gasteiger partial charge in [0.1, 0.15) is 0 Å². The summed E-state index contributed by atoms with van der Waals surface area (Å²) in [6.07, 6.45) is 1.13. The van der Waals surface area contributed by atoms with Crippen molar-refractivity contribution in [3.8, 4) is 0 Å². The van der Waals surface area contributed by atoms with Gasteiger partial charge in [-0.25, -0.2) is 0 Å². The van der Waals surface area contributed by atoms with Crippen LogP contribution in [0.5, 0.6) is 0 Å². The molecule has 1 heterocycles. The van der Waals surface area contributed by atoms with E-state index in [0.29, 0.717) is 6.04 Å².